The number of hydrogen-bond acceptors (Lipinski definition) is 1. The fourth-order valence-electron chi connectivity index (χ4n) is 1.29. The zero-order chi connectivity index (χ0) is 7.61. The second kappa shape index (κ2) is 2.57. The van der Waals surface area contributed by atoms with E-state index in [0.29, 0.717) is 5.41 Å². The van der Waals surface area contributed by atoms with E-state index in [1.54, 1.807) is 0 Å². The molecule has 10 heavy (non-hydrogen) atoms. The molecule has 0 spiro atoms. The highest BCUT2D eigenvalue weighted by Crippen LogP contribution is 2.29. The Hall–Kier alpha value is -0.590. The van der Waals surface area contributed by atoms with Crippen molar-refractivity contribution >= 4 is 5.71 Å². The molecule has 0 heterocycles. The number of hydrogen-bond donors (Lipinski definition) is 0. The molecule has 1 aliphatic rings. The van der Waals surface area contributed by atoms with Crippen molar-refractivity contribution in [3.05, 3.63) is 12.2 Å². The maximum absolute atomic E-state index is 4.17. The van der Waals surface area contributed by atoms with Gasteiger partial charge < -0.3 is 0 Å². The van der Waals surface area contributed by atoms with Gasteiger partial charge in [-0.1, -0.05) is 19.9 Å². The van der Waals surface area contributed by atoms with Crippen molar-refractivity contribution in [3.63, 3.8) is 0 Å². The maximum atomic E-state index is 4.17. The lowest BCUT2D eigenvalue weighted by atomic mass is 9.80. The van der Waals surface area contributed by atoms with Gasteiger partial charge in [-0.05, 0) is 24.3 Å². The molecule has 1 nitrogen and oxygen atoms in total. The molecule has 0 N–H and O–H groups in total. The smallest absolute Gasteiger partial charge is 0.0347 e. The molecular formula is C9H15N. The molecule has 0 saturated heterocycles. The molecule has 1 rings (SSSR count). The third-order valence-electron chi connectivity index (χ3n) is 1.93. The van der Waals surface area contributed by atoms with Gasteiger partial charge in [0.1, 0.15) is 0 Å². The summed E-state index contributed by atoms with van der Waals surface area (Å²) in [7, 11) is 1.86. The third-order valence-corrected chi connectivity index (χ3v) is 1.93. The fourth-order valence-corrected chi connectivity index (χ4v) is 1.29. The molecule has 0 fully saturated rings. The van der Waals surface area contributed by atoms with Crippen LogP contribution < -0.4 is 0 Å². The Morgan fingerprint density at radius 3 is 2.60 bits per heavy atom. The van der Waals surface area contributed by atoms with Gasteiger partial charge in [0.25, 0.3) is 0 Å². The summed E-state index contributed by atoms with van der Waals surface area (Å²) in [6.07, 6.45) is 6.66. The van der Waals surface area contributed by atoms with Gasteiger partial charge in [-0.3, -0.25) is 4.99 Å². The zero-order valence-electron chi connectivity index (χ0n) is 7.02. The van der Waals surface area contributed by atoms with Crippen molar-refractivity contribution in [2.75, 3.05) is 7.05 Å². The van der Waals surface area contributed by atoms with Crippen LogP contribution in [0.4, 0.5) is 0 Å². The van der Waals surface area contributed by atoms with Crippen molar-refractivity contribution in [2.45, 2.75) is 26.7 Å². The highest BCUT2D eigenvalue weighted by molar-refractivity contribution is 5.96. The minimum Gasteiger partial charge on any atom is -0.293 e. The quantitative estimate of drug-likeness (QED) is 0.486. The topological polar surface area (TPSA) is 12.4 Å². The Morgan fingerprint density at radius 1 is 1.50 bits per heavy atom. The fraction of sp³-hybridized carbons (Fsp3) is 0.667. The molecule has 0 saturated carbocycles. The Morgan fingerprint density at radius 2 is 2.20 bits per heavy atom. The van der Waals surface area contributed by atoms with Gasteiger partial charge >= 0.3 is 0 Å². The van der Waals surface area contributed by atoms with E-state index in [0.717, 1.165) is 6.42 Å². The normalized spacial score (nSPS) is 27.3. The second-order valence-electron chi connectivity index (χ2n) is 3.66. The first-order valence-electron chi connectivity index (χ1n) is 3.76. The summed E-state index contributed by atoms with van der Waals surface area (Å²) in [5, 5.41) is 0. The summed E-state index contributed by atoms with van der Waals surface area (Å²) < 4.78 is 0. The molecule has 0 aromatic heterocycles. The van der Waals surface area contributed by atoms with E-state index in [1.807, 2.05) is 7.05 Å². The number of rotatable bonds is 0. The van der Waals surface area contributed by atoms with Crippen molar-refractivity contribution in [2.24, 2.45) is 10.4 Å². The van der Waals surface area contributed by atoms with Gasteiger partial charge in [0.05, 0.1) is 0 Å². The van der Waals surface area contributed by atoms with Crippen LogP contribution in [0.2, 0.25) is 0 Å². The SMILES string of the molecule is CN=C1C=CCC(C)(C)C1. The summed E-state index contributed by atoms with van der Waals surface area (Å²) in [6, 6.07) is 0. The minimum atomic E-state index is 0.434. The molecule has 0 atom stereocenters. The van der Waals surface area contributed by atoms with Crippen molar-refractivity contribution in [1.29, 1.82) is 0 Å². The lowest BCUT2D eigenvalue weighted by molar-refractivity contribution is 0.384. The second-order valence-corrected chi connectivity index (χ2v) is 3.66. The molecule has 0 aromatic rings. The monoisotopic (exact) mass is 137 g/mol. The molecule has 0 bridgehead atoms. The first kappa shape index (κ1) is 7.52. The van der Waals surface area contributed by atoms with Crippen LogP contribution in [0.5, 0.6) is 0 Å². The predicted molar refractivity (Wildman–Crippen MR) is 45.5 cm³/mol. The summed E-state index contributed by atoms with van der Waals surface area (Å²) in [6.45, 7) is 4.56. The molecule has 1 heteroatoms. The molecule has 0 aliphatic heterocycles. The van der Waals surface area contributed by atoms with Crippen LogP contribution in [0.15, 0.2) is 17.1 Å². The van der Waals surface area contributed by atoms with Crippen molar-refractivity contribution in [1.82, 2.24) is 0 Å². The summed E-state index contributed by atoms with van der Waals surface area (Å²) in [4.78, 5) is 4.17. The van der Waals surface area contributed by atoms with E-state index < -0.39 is 0 Å². The van der Waals surface area contributed by atoms with Gasteiger partial charge in [0, 0.05) is 12.8 Å². The van der Waals surface area contributed by atoms with Gasteiger partial charge in [0.15, 0.2) is 0 Å². The molecule has 0 aromatic carbocycles. The van der Waals surface area contributed by atoms with E-state index in [-0.39, 0.29) is 0 Å². The van der Waals surface area contributed by atoms with Crippen molar-refractivity contribution < 1.29 is 0 Å². The molecule has 1 aliphatic carbocycles. The first-order valence-corrected chi connectivity index (χ1v) is 3.76. The maximum Gasteiger partial charge on any atom is 0.0347 e. The number of allylic oxidation sites excluding steroid dienone is 2. The van der Waals surface area contributed by atoms with Crippen LogP contribution in [0.25, 0.3) is 0 Å². The third kappa shape index (κ3) is 1.69. The minimum absolute atomic E-state index is 0.434. The summed E-state index contributed by atoms with van der Waals surface area (Å²) in [5.41, 5.74) is 1.67. The van der Waals surface area contributed by atoms with E-state index in [4.69, 9.17) is 0 Å². The zero-order valence-corrected chi connectivity index (χ0v) is 7.02. The molecule has 56 valence electrons. The van der Waals surface area contributed by atoms with E-state index in [1.165, 1.54) is 12.1 Å². The van der Waals surface area contributed by atoms with Gasteiger partial charge in [-0.25, -0.2) is 0 Å². The van der Waals surface area contributed by atoms with Crippen LogP contribution in [0.3, 0.4) is 0 Å². The molecule has 0 radical (unpaired) electrons. The number of nitrogens with zero attached hydrogens (tertiary/aromatic N) is 1. The molecule has 0 unspecified atom stereocenters. The van der Waals surface area contributed by atoms with E-state index in [2.05, 4.69) is 31.0 Å². The Bertz CT molecular complexity index is 175. The average Bonchev–Trinajstić information content (AvgIpc) is 1.86. The van der Waals surface area contributed by atoms with Gasteiger partial charge in [0.2, 0.25) is 0 Å². The summed E-state index contributed by atoms with van der Waals surface area (Å²) >= 11 is 0. The number of aliphatic imine (C=N–C) groups is 1. The molecular weight excluding hydrogens is 122 g/mol. The van der Waals surface area contributed by atoms with Gasteiger partial charge in [-0.15, -0.1) is 0 Å². The first-order chi connectivity index (χ1) is 4.64. The van der Waals surface area contributed by atoms with Crippen LogP contribution in [0.1, 0.15) is 26.7 Å². The average molecular weight is 137 g/mol. The highest BCUT2D eigenvalue weighted by atomic mass is 14.7. The lowest BCUT2D eigenvalue weighted by Gasteiger charge is -2.25. The van der Waals surface area contributed by atoms with E-state index >= 15 is 0 Å². The standard InChI is InChI=1S/C9H15N/c1-9(2)6-4-5-8(7-9)10-3/h4-5H,6-7H2,1-3H3. The largest absolute Gasteiger partial charge is 0.293 e. The Kier molecular flexibility index (Phi) is 1.93. The van der Waals surface area contributed by atoms with E-state index in [9.17, 15) is 0 Å². The van der Waals surface area contributed by atoms with Crippen molar-refractivity contribution in [3.8, 4) is 0 Å². The van der Waals surface area contributed by atoms with Crippen LogP contribution >= 0.6 is 0 Å². The Balaban J connectivity index is 2.73. The Labute approximate surface area is 62.9 Å². The highest BCUT2D eigenvalue weighted by Gasteiger charge is 2.20. The summed E-state index contributed by atoms with van der Waals surface area (Å²) in [5.74, 6) is 0. The van der Waals surface area contributed by atoms with Crippen LogP contribution in [-0.2, 0) is 0 Å². The van der Waals surface area contributed by atoms with Crippen LogP contribution in [-0.4, -0.2) is 12.8 Å². The van der Waals surface area contributed by atoms with Crippen LogP contribution in [0, 0.1) is 5.41 Å². The lowest BCUT2D eigenvalue weighted by Crippen LogP contribution is -2.18. The van der Waals surface area contributed by atoms with Gasteiger partial charge in [-0.2, -0.15) is 0 Å². The molecule has 0 amide bonds. The predicted octanol–water partition coefficient (Wildman–Crippen LogP) is 2.43.